The van der Waals surface area contributed by atoms with Gasteiger partial charge in [0, 0.05) is 11.3 Å². The Balaban J connectivity index is 1.91. The molecule has 0 aliphatic rings. The first-order valence-corrected chi connectivity index (χ1v) is 6.65. The van der Waals surface area contributed by atoms with E-state index in [0.29, 0.717) is 17.0 Å². The zero-order valence-electron chi connectivity index (χ0n) is 12.1. The fourth-order valence-corrected chi connectivity index (χ4v) is 1.80. The number of carbonyl (C=O) groups is 2. The molecule has 108 valence electrons. The predicted octanol–water partition coefficient (Wildman–Crippen LogP) is 3.22. The molecule has 0 saturated heterocycles. The maximum Gasteiger partial charge on any atom is 0.262 e. The molecule has 0 heterocycles. The molecule has 0 atom stereocenters. The normalized spacial score (nSPS) is 10.0. The zero-order valence-corrected chi connectivity index (χ0v) is 12.1. The van der Waals surface area contributed by atoms with Gasteiger partial charge in [-0.1, -0.05) is 29.8 Å². The highest BCUT2D eigenvalue weighted by Crippen LogP contribution is 2.13. The summed E-state index contributed by atoms with van der Waals surface area (Å²) in [7, 11) is 0. The molecule has 0 bridgehead atoms. The van der Waals surface area contributed by atoms with E-state index in [1.165, 1.54) is 6.92 Å². The second-order valence-corrected chi connectivity index (χ2v) is 4.79. The van der Waals surface area contributed by atoms with Gasteiger partial charge in [-0.2, -0.15) is 0 Å². The summed E-state index contributed by atoms with van der Waals surface area (Å²) in [5, 5.41) is 2.70. The van der Waals surface area contributed by atoms with E-state index < -0.39 is 0 Å². The van der Waals surface area contributed by atoms with E-state index in [1.807, 2.05) is 31.2 Å². The van der Waals surface area contributed by atoms with Crippen molar-refractivity contribution in [3.8, 4) is 5.75 Å². The Hall–Kier alpha value is -2.62. The molecule has 21 heavy (non-hydrogen) atoms. The third-order valence-corrected chi connectivity index (χ3v) is 2.94. The minimum atomic E-state index is -0.267. The molecule has 0 aliphatic carbocycles. The van der Waals surface area contributed by atoms with E-state index >= 15 is 0 Å². The molecule has 0 aromatic heterocycles. The van der Waals surface area contributed by atoms with Gasteiger partial charge in [-0.25, -0.2) is 0 Å². The molecule has 4 nitrogen and oxygen atoms in total. The van der Waals surface area contributed by atoms with Crippen LogP contribution in [0.1, 0.15) is 22.8 Å². The fourth-order valence-electron chi connectivity index (χ4n) is 1.80. The first kappa shape index (κ1) is 14.8. The molecule has 0 aliphatic heterocycles. The Kier molecular flexibility index (Phi) is 4.72. The van der Waals surface area contributed by atoms with Crippen LogP contribution >= 0.6 is 0 Å². The number of amides is 1. The lowest BCUT2D eigenvalue weighted by molar-refractivity contribution is -0.118. The van der Waals surface area contributed by atoms with Gasteiger partial charge >= 0.3 is 0 Å². The van der Waals surface area contributed by atoms with Crippen LogP contribution in [0.5, 0.6) is 5.75 Å². The number of hydrogen-bond acceptors (Lipinski definition) is 3. The number of aryl methyl sites for hydroxylation is 1. The number of Topliss-reactive ketones (excluding diaryl/α,β-unsaturated/α-hetero) is 1. The minimum Gasteiger partial charge on any atom is -0.484 e. The lowest BCUT2D eigenvalue weighted by Crippen LogP contribution is -2.20. The SMILES string of the molecule is CC(=O)c1cccc(NC(=O)COc2ccc(C)cc2)c1. The van der Waals surface area contributed by atoms with Gasteiger partial charge in [0.2, 0.25) is 0 Å². The van der Waals surface area contributed by atoms with Crippen molar-refractivity contribution in [1.82, 2.24) is 0 Å². The van der Waals surface area contributed by atoms with Crippen LogP contribution in [0.3, 0.4) is 0 Å². The molecule has 4 heteroatoms. The quantitative estimate of drug-likeness (QED) is 0.857. The van der Waals surface area contributed by atoms with E-state index in [-0.39, 0.29) is 18.3 Å². The fraction of sp³-hybridized carbons (Fsp3) is 0.176. The summed E-state index contributed by atoms with van der Waals surface area (Å²) in [6, 6.07) is 14.3. The molecule has 1 amide bonds. The second-order valence-electron chi connectivity index (χ2n) is 4.79. The molecule has 0 saturated carbocycles. The second kappa shape index (κ2) is 6.70. The third-order valence-electron chi connectivity index (χ3n) is 2.94. The lowest BCUT2D eigenvalue weighted by atomic mass is 10.1. The molecule has 0 unspecified atom stereocenters. The summed E-state index contributed by atoms with van der Waals surface area (Å²) in [4.78, 5) is 23.1. The highest BCUT2D eigenvalue weighted by molar-refractivity contribution is 5.97. The summed E-state index contributed by atoms with van der Waals surface area (Å²) in [5.74, 6) is 0.339. The molecule has 0 fully saturated rings. The number of ether oxygens (including phenoxy) is 1. The van der Waals surface area contributed by atoms with Gasteiger partial charge in [0.15, 0.2) is 12.4 Å². The average molecular weight is 283 g/mol. The number of ketones is 1. The summed E-state index contributed by atoms with van der Waals surface area (Å²) in [6.07, 6.45) is 0. The highest BCUT2D eigenvalue weighted by atomic mass is 16.5. The smallest absolute Gasteiger partial charge is 0.262 e. The molecular formula is C17H17NO3. The largest absolute Gasteiger partial charge is 0.484 e. The van der Waals surface area contributed by atoms with Crippen molar-refractivity contribution >= 4 is 17.4 Å². The van der Waals surface area contributed by atoms with Gasteiger partial charge in [0.05, 0.1) is 0 Å². The monoisotopic (exact) mass is 283 g/mol. The van der Waals surface area contributed by atoms with Crippen LogP contribution in [0.2, 0.25) is 0 Å². The summed E-state index contributed by atoms with van der Waals surface area (Å²) in [5.41, 5.74) is 2.28. The minimum absolute atomic E-state index is 0.0398. The van der Waals surface area contributed by atoms with Gasteiger partial charge < -0.3 is 10.1 Å². The molecule has 0 spiro atoms. The van der Waals surface area contributed by atoms with Crippen molar-refractivity contribution in [2.75, 3.05) is 11.9 Å². The standard InChI is InChI=1S/C17H17NO3/c1-12-6-8-16(9-7-12)21-11-17(20)18-15-5-3-4-14(10-15)13(2)19/h3-10H,11H2,1-2H3,(H,18,20). The molecular weight excluding hydrogens is 266 g/mol. The van der Waals surface area contributed by atoms with E-state index in [9.17, 15) is 9.59 Å². The summed E-state index contributed by atoms with van der Waals surface area (Å²) >= 11 is 0. The number of hydrogen-bond donors (Lipinski definition) is 1. The Morgan fingerprint density at radius 2 is 1.81 bits per heavy atom. The van der Waals surface area contributed by atoms with Gasteiger partial charge in [0.1, 0.15) is 5.75 Å². The van der Waals surface area contributed by atoms with Crippen molar-refractivity contribution in [3.63, 3.8) is 0 Å². The van der Waals surface area contributed by atoms with Crippen molar-refractivity contribution in [2.24, 2.45) is 0 Å². The topological polar surface area (TPSA) is 55.4 Å². The number of rotatable bonds is 5. The Morgan fingerprint density at radius 3 is 2.48 bits per heavy atom. The first-order valence-electron chi connectivity index (χ1n) is 6.65. The van der Waals surface area contributed by atoms with Gasteiger partial charge in [-0.05, 0) is 38.1 Å². The lowest BCUT2D eigenvalue weighted by Gasteiger charge is -2.08. The maximum atomic E-state index is 11.8. The van der Waals surface area contributed by atoms with Crippen LogP contribution in [0, 0.1) is 6.92 Å². The number of carbonyl (C=O) groups excluding carboxylic acids is 2. The van der Waals surface area contributed by atoms with Gasteiger partial charge in [0.25, 0.3) is 5.91 Å². The molecule has 2 aromatic carbocycles. The van der Waals surface area contributed by atoms with Gasteiger partial charge in [-0.3, -0.25) is 9.59 Å². The average Bonchev–Trinajstić information content (AvgIpc) is 2.47. The van der Waals surface area contributed by atoms with E-state index in [4.69, 9.17) is 4.74 Å². The first-order chi connectivity index (χ1) is 10.0. The van der Waals surface area contributed by atoms with Crippen molar-refractivity contribution < 1.29 is 14.3 Å². The van der Waals surface area contributed by atoms with Crippen molar-refractivity contribution in [1.29, 1.82) is 0 Å². The van der Waals surface area contributed by atoms with E-state index in [1.54, 1.807) is 24.3 Å². The summed E-state index contributed by atoms with van der Waals surface area (Å²) < 4.78 is 5.39. The number of nitrogens with one attached hydrogen (secondary N) is 1. The summed E-state index contributed by atoms with van der Waals surface area (Å²) in [6.45, 7) is 3.40. The number of benzene rings is 2. The Morgan fingerprint density at radius 1 is 1.10 bits per heavy atom. The molecule has 0 radical (unpaired) electrons. The van der Waals surface area contributed by atoms with Crippen LogP contribution in [-0.2, 0) is 4.79 Å². The van der Waals surface area contributed by atoms with E-state index in [2.05, 4.69) is 5.32 Å². The van der Waals surface area contributed by atoms with Gasteiger partial charge in [-0.15, -0.1) is 0 Å². The van der Waals surface area contributed by atoms with Crippen LogP contribution in [0.15, 0.2) is 48.5 Å². The van der Waals surface area contributed by atoms with Crippen LogP contribution in [-0.4, -0.2) is 18.3 Å². The zero-order chi connectivity index (χ0) is 15.2. The van der Waals surface area contributed by atoms with Crippen LogP contribution in [0.4, 0.5) is 5.69 Å². The Bertz CT molecular complexity index is 647. The van der Waals surface area contributed by atoms with Crippen molar-refractivity contribution in [2.45, 2.75) is 13.8 Å². The van der Waals surface area contributed by atoms with E-state index in [0.717, 1.165) is 5.56 Å². The predicted molar refractivity (Wildman–Crippen MR) is 81.8 cm³/mol. The third kappa shape index (κ3) is 4.45. The van der Waals surface area contributed by atoms with Crippen LogP contribution in [0.25, 0.3) is 0 Å². The highest BCUT2D eigenvalue weighted by Gasteiger charge is 2.05. The number of anilines is 1. The molecule has 1 N–H and O–H groups in total. The Labute approximate surface area is 123 Å². The molecule has 2 aromatic rings. The van der Waals surface area contributed by atoms with Crippen molar-refractivity contribution in [3.05, 3.63) is 59.7 Å². The van der Waals surface area contributed by atoms with Crippen LogP contribution < -0.4 is 10.1 Å². The maximum absolute atomic E-state index is 11.8. The molecule has 2 rings (SSSR count).